The summed E-state index contributed by atoms with van der Waals surface area (Å²) in [6.45, 7) is 2.19. The minimum absolute atomic E-state index is 0.0536. The molecule has 1 saturated heterocycles. The summed E-state index contributed by atoms with van der Waals surface area (Å²) in [6.07, 6.45) is 0.455. The number of carbonyl (C=O) groups is 3. The summed E-state index contributed by atoms with van der Waals surface area (Å²) < 4.78 is 0.847. The van der Waals surface area contributed by atoms with Crippen molar-refractivity contribution >= 4 is 50.9 Å². The van der Waals surface area contributed by atoms with E-state index in [0.717, 1.165) is 15.6 Å². The fraction of sp³-hybridized carbons (Fsp3) is 0.192. The summed E-state index contributed by atoms with van der Waals surface area (Å²) in [5.41, 5.74) is 2.88. The van der Waals surface area contributed by atoms with Gasteiger partial charge in [0.1, 0.15) is 6.04 Å². The highest BCUT2D eigenvalue weighted by atomic mass is 79.9. The highest BCUT2D eigenvalue weighted by molar-refractivity contribution is 9.10. The normalized spacial score (nSPS) is 15.7. The number of hydrogen-bond acceptors (Lipinski definition) is 3. The van der Waals surface area contributed by atoms with Crippen molar-refractivity contribution in [1.82, 2.24) is 4.90 Å². The number of hydrogen-bond donors (Lipinski definition) is 0. The van der Waals surface area contributed by atoms with E-state index >= 15 is 0 Å². The predicted molar refractivity (Wildman–Crippen MR) is 132 cm³/mol. The first kappa shape index (κ1) is 23.2. The molecule has 0 aliphatic carbocycles. The smallest absolute Gasteiger partial charge is 0.257 e. The third-order valence-electron chi connectivity index (χ3n) is 5.64. The van der Waals surface area contributed by atoms with E-state index in [1.807, 2.05) is 37.3 Å². The third-order valence-corrected chi connectivity index (χ3v) is 6.40. The van der Waals surface area contributed by atoms with Crippen LogP contribution in [-0.4, -0.2) is 35.2 Å². The van der Waals surface area contributed by atoms with E-state index in [4.69, 9.17) is 11.6 Å². The maximum Gasteiger partial charge on any atom is 0.257 e. The molecule has 1 aliphatic rings. The molecule has 0 N–H and O–H groups in total. The molecule has 1 heterocycles. The number of amides is 3. The molecule has 0 spiro atoms. The molecule has 5 nitrogen and oxygen atoms in total. The lowest BCUT2D eigenvalue weighted by Crippen LogP contribution is -2.46. The Kier molecular flexibility index (Phi) is 6.96. The standard InChI is InChI=1S/C26H22BrClN2O3/c1-17-4-2-6-19(14-17)25(32)29(13-12-18-5-3-7-21(28)15-18)23-16-24(31)30(26(23)33)22-10-8-20(27)9-11-22/h2-11,14-15,23H,12-13,16H2,1H3. The monoisotopic (exact) mass is 524 g/mol. The maximum atomic E-state index is 13.5. The minimum atomic E-state index is -0.867. The Morgan fingerprint density at radius 3 is 2.48 bits per heavy atom. The number of nitrogens with zero attached hydrogens (tertiary/aromatic N) is 2. The van der Waals surface area contributed by atoms with Gasteiger partial charge in [-0.25, -0.2) is 4.90 Å². The second-order valence-electron chi connectivity index (χ2n) is 8.01. The lowest BCUT2D eigenvalue weighted by Gasteiger charge is -2.28. The van der Waals surface area contributed by atoms with Gasteiger partial charge >= 0.3 is 0 Å². The number of imide groups is 1. The van der Waals surface area contributed by atoms with Gasteiger partial charge in [-0.15, -0.1) is 0 Å². The van der Waals surface area contributed by atoms with Gasteiger partial charge in [0.05, 0.1) is 12.1 Å². The zero-order valence-corrected chi connectivity index (χ0v) is 20.3. The molecule has 1 atom stereocenters. The van der Waals surface area contributed by atoms with Crippen LogP contribution in [0.25, 0.3) is 0 Å². The zero-order chi connectivity index (χ0) is 23.5. The fourth-order valence-corrected chi connectivity index (χ4v) is 4.48. The van der Waals surface area contributed by atoms with E-state index < -0.39 is 11.9 Å². The molecule has 168 valence electrons. The third kappa shape index (κ3) is 5.18. The van der Waals surface area contributed by atoms with Crippen LogP contribution in [0, 0.1) is 6.92 Å². The van der Waals surface area contributed by atoms with Crippen molar-refractivity contribution in [2.24, 2.45) is 0 Å². The number of carbonyl (C=O) groups excluding carboxylic acids is 3. The Hall–Kier alpha value is -2.96. The van der Waals surface area contributed by atoms with E-state index in [1.54, 1.807) is 42.5 Å². The van der Waals surface area contributed by atoms with Crippen molar-refractivity contribution in [3.8, 4) is 0 Å². The number of benzene rings is 3. The average Bonchev–Trinajstić information content (AvgIpc) is 3.08. The molecule has 0 bridgehead atoms. The van der Waals surface area contributed by atoms with E-state index in [9.17, 15) is 14.4 Å². The molecule has 3 amide bonds. The van der Waals surface area contributed by atoms with Gasteiger partial charge in [-0.2, -0.15) is 0 Å². The first-order chi connectivity index (χ1) is 15.8. The highest BCUT2D eigenvalue weighted by Crippen LogP contribution is 2.28. The minimum Gasteiger partial charge on any atom is -0.326 e. The lowest BCUT2D eigenvalue weighted by atomic mass is 10.1. The Morgan fingerprint density at radius 2 is 1.79 bits per heavy atom. The number of halogens is 2. The molecule has 1 aliphatic heterocycles. The largest absolute Gasteiger partial charge is 0.326 e. The molecule has 3 aromatic carbocycles. The molecule has 33 heavy (non-hydrogen) atoms. The predicted octanol–water partition coefficient (Wildman–Crippen LogP) is 5.43. The van der Waals surface area contributed by atoms with Crippen LogP contribution >= 0.6 is 27.5 Å². The summed E-state index contributed by atoms with van der Waals surface area (Å²) in [5, 5.41) is 0.609. The van der Waals surface area contributed by atoms with Gasteiger partial charge in [0.25, 0.3) is 11.8 Å². The van der Waals surface area contributed by atoms with Crippen molar-refractivity contribution in [3.05, 3.63) is 99.0 Å². The topological polar surface area (TPSA) is 57.7 Å². The van der Waals surface area contributed by atoms with Gasteiger partial charge < -0.3 is 4.90 Å². The van der Waals surface area contributed by atoms with Crippen LogP contribution in [0.1, 0.15) is 27.9 Å². The second-order valence-corrected chi connectivity index (χ2v) is 9.36. The van der Waals surface area contributed by atoms with E-state index in [1.165, 1.54) is 9.80 Å². The second kappa shape index (κ2) is 9.89. The Balaban J connectivity index is 1.64. The highest BCUT2D eigenvalue weighted by Gasteiger charge is 2.44. The summed E-state index contributed by atoms with van der Waals surface area (Å²) in [4.78, 5) is 42.5. The lowest BCUT2D eigenvalue weighted by molar-refractivity contribution is -0.122. The molecule has 1 fully saturated rings. The van der Waals surface area contributed by atoms with Gasteiger partial charge in [-0.3, -0.25) is 14.4 Å². The Bertz CT molecular complexity index is 1210. The fourth-order valence-electron chi connectivity index (χ4n) is 4.01. The first-order valence-corrected chi connectivity index (χ1v) is 11.7. The molecular formula is C26H22BrClN2O3. The molecule has 0 radical (unpaired) electrons. The summed E-state index contributed by atoms with van der Waals surface area (Å²) >= 11 is 9.48. The molecule has 0 aromatic heterocycles. The van der Waals surface area contributed by atoms with Crippen molar-refractivity contribution in [2.45, 2.75) is 25.8 Å². The summed E-state index contributed by atoms with van der Waals surface area (Å²) in [7, 11) is 0. The van der Waals surface area contributed by atoms with Crippen LogP contribution in [0.15, 0.2) is 77.3 Å². The van der Waals surface area contributed by atoms with E-state index in [0.29, 0.717) is 22.7 Å². The zero-order valence-electron chi connectivity index (χ0n) is 18.0. The van der Waals surface area contributed by atoms with Gasteiger partial charge in [-0.1, -0.05) is 57.4 Å². The number of anilines is 1. The van der Waals surface area contributed by atoms with E-state index in [-0.39, 0.29) is 24.8 Å². The SMILES string of the molecule is Cc1cccc(C(=O)N(CCc2cccc(Cl)c2)C2CC(=O)N(c3ccc(Br)cc3)C2=O)c1. The molecular weight excluding hydrogens is 504 g/mol. The quantitative estimate of drug-likeness (QED) is 0.403. The van der Waals surface area contributed by atoms with Crippen LogP contribution in [0.2, 0.25) is 5.02 Å². The number of aryl methyl sites for hydroxylation is 1. The molecule has 3 aromatic rings. The summed E-state index contributed by atoms with van der Waals surface area (Å²) in [5.74, 6) is -0.990. The van der Waals surface area contributed by atoms with Gasteiger partial charge in [-0.05, 0) is 67.4 Å². The van der Waals surface area contributed by atoms with Crippen LogP contribution < -0.4 is 4.90 Å². The maximum absolute atomic E-state index is 13.5. The van der Waals surface area contributed by atoms with Crippen LogP contribution in [0.4, 0.5) is 5.69 Å². The first-order valence-electron chi connectivity index (χ1n) is 10.6. The van der Waals surface area contributed by atoms with Crippen LogP contribution in [0.5, 0.6) is 0 Å². The van der Waals surface area contributed by atoms with Crippen LogP contribution in [-0.2, 0) is 16.0 Å². The molecule has 0 saturated carbocycles. The molecule has 7 heteroatoms. The van der Waals surface area contributed by atoms with Crippen molar-refractivity contribution in [1.29, 1.82) is 0 Å². The van der Waals surface area contributed by atoms with Gasteiger partial charge in [0.15, 0.2) is 0 Å². The van der Waals surface area contributed by atoms with E-state index in [2.05, 4.69) is 15.9 Å². The average molecular weight is 526 g/mol. The Labute approximate surface area is 206 Å². The van der Waals surface area contributed by atoms with Crippen molar-refractivity contribution in [2.75, 3.05) is 11.4 Å². The summed E-state index contributed by atoms with van der Waals surface area (Å²) in [6, 6.07) is 20.8. The number of rotatable bonds is 6. The Morgan fingerprint density at radius 1 is 1.06 bits per heavy atom. The van der Waals surface area contributed by atoms with Crippen LogP contribution in [0.3, 0.4) is 0 Å². The van der Waals surface area contributed by atoms with Gasteiger partial charge in [0.2, 0.25) is 5.91 Å². The van der Waals surface area contributed by atoms with Crippen molar-refractivity contribution < 1.29 is 14.4 Å². The van der Waals surface area contributed by atoms with Gasteiger partial charge in [0, 0.05) is 21.6 Å². The molecule has 1 unspecified atom stereocenters. The molecule has 4 rings (SSSR count). The van der Waals surface area contributed by atoms with Crippen molar-refractivity contribution in [3.63, 3.8) is 0 Å².